The molecule has 2 aromatic rings. The van der Waals surface area contributed by atoms with Crippen LogP contribution in [0.2, 0.25) is 0 Å². The second kappa shape index (κ2) is 6.30. The van der Waals surface area contributed by atoms with Crippen molar-refractivity contribution < 1.29 is 9.90 Å². The van der Waals surface area contributed by atoms with Crippen LogP contribution in [0.5, 0.6) is 0 Å². The summed E-state index contributed by atoms with van der Waals surface area (Å²) in [5.41, 5.74) is 0.408. The highest BCUT2D eigenvalue weighted by molar-refractivity contribution is 7.99. The lowest BCUT2D eigenvalue weighted by molar-refractivity contribution is 0.0687. The van der Waals surface area contributed by atoms with Crippen molar-refractivity contribution in [3.05, 3.63) is 41.7 Å². The molecular formula is C15H19N3O2S. The summed E-state index contributed by atoms with van der Waals surface area (Å²) in [5.74, 6) is -0.211. The molecule has 1 aromatic heterocycles. The maximum absolute atomic E-state index is 11.3. The molecule has 0 aliphatic heterocycles. The highest BCUT2D eigenvalue weighted by Gasteiger charge is 2.28. The third-order valence-electron chi connectivity index (χ3n) is 2.96. The monoisotopic (exact) mass is 305 g/mol. The van der Waals surface area contributed by atoms with Crippen molar-refractivity contribution >= 4 is 17.7 Å². The Kier molecular flexibility index (Phi) is 4.67. The van der Waals surface area contributed by atoms with Crippen LogP contribution in [-0.4, -0.2) is 31.8 Å². The number of benzene rings is 1. The first kappa shape index (κ1) is 15.6. The standard InChI is InChI=1S/C15H19N3O2S/c1-15(2,3)13-12(14(19)20)16-17-18(13)9-10-21-11-7-5-4-6-8-11/h4-8H,9-10H2,1-3H3,(H,19,20). The molecule has 1 N–H and O–H groups in total. The third-order valence-corrected chi connectivity index (χ3v) is 3.96. The van der Waals surface area contributed by atoms with Crippen LogP contribution in [0.4, 0.5) is 0 Å². The van der Waals surface area contributed by atoms with Gasteiger partial charge in [-0.3, -0.25) is 0 Å². The average molecular weight is 305 g/mol. The predicted molar refractivity (Wildman–Crippen MR) is 82.8 cm³/mol. The topological polar surface area (TPSA) is 68.0 Å². The maximum Gasteiger partial charge on any atom is 0.358 e. The Hall–Kier alpha value is -1.82. The first-order valence-electron chi connectivity index (χ1n) is 6.74. The van der Waals surface area contributed by atoms with Gasteiger partial charge in [0.2, 0.25) is 0 Å². The highest BCUT2D eigenvalue weighted by Crippen LogP contribution is 2.25. The molecule has 5 nitrogen and oxygen atoms in total. The molecule has 0 bridgehead atoms. The molecule has 1 heterocycles. The largest absolute Gasteiger partial charge is 0.476 e. The normalized spacial score (nSPS) is 11.6. The molecule has 112 valence electrons. The van der Waals surface area contributed by atoms with Gasteiger partial charge in [0.1, 0.15) is 0 Å². The molecule has 0 atom stereocenters. The minimum atomic E-state index is -1.03. The van der Waals surface area contributed by atoms with Crippen molar-refractivity contribution in [3.8, 4) is 0 Å². The van der Waals surface area contributed by atoms with Gasteiger partial charge in [-0.25, -0.2) is 9.48 Å². The van der Waals surface area contributed by atoms with Gasteiger partial charge in [-0.2, -0.15) is 0 Å². The number of hydrogen-bond donors (Lipinski definition) is 1. The Balaban J connectivity index is 2.12. The van der Waals surface area contributed by atoms with E-state index in [4.69, 9.17) is 0 Å². The molecular weight excluding hydrogens is 286 g/mol. The van der Waals surface area contributed by atoms with Crippen LogP contribution in [0.3, 0.4) is 0 Å². The molecule has 0 aliphatic rings. The lowest BCUT2D eigenvalue weighted by Gasteiger charge is -2.20. The minimum Gasteiger partial charge on any atom is -0.476 e. The van der Waals surface area contributed by atoms with Crippen molar-refractivity contribution in [3.63, 3.8) is 0 Å². The number of aromatic nitrogens is 3. The SMILES string of the molecule is CC(C)(C)c1c(C(=O)O)nnn1CCSc1ccccc1. The average Bonchev–Trinajstić information content (AvgIpc) is 2.84. The first-order valence-corrected chi connectivity index (χ1v) is 7.73. The van der Waals surface area contributed by atoms with Gasteiger partial charge in [0.15, 0.2) is 5.69 Å². The number of aryl methyl sites for hydroxylation is 1. The highest BCUT2D eigenvalue weighted by atomic mass is 32.2. The van der Waals surface area contributed by atoms with Gasteiger partial charge in [0.05, 0.1) is 12.2 Å². The Morgan fingerprint density at radius 2 is 1.95 bits per heavy atom. The van der Waals surface area contributed by atoms with Crippen LogP contribution in [0.1, 0.15) is 37.0 Å². The fourth-order valence-corrected chi connectivity index (χ4v) is 2.97. The summed E-state index contributed by atoms with van der Waals surface area (Å²) in [6.45, 7) is 6.54. The van der Waals surface area contributed by atoms with Crippen molar-refractivity contribution in [2.75, 3.05) is 5.75 Å². The molecule has 0 aliphatic carbocycles. The fourth-order valence-electron chi connectivity index (χ4n) is 2.12. The summed E-state index contributed by atoms with van der Waals surface area (Å²) in [5, 5.41) is 17.0. The second-order valence-electron chi connectivity index (χ2n) is 5.73. The number of nitrogens with zero attached hydrogens (tertiary/aromatic N) is 3. The van der Waals surface area contributed by atoms with Crippen molar-refractivity contribution in [1.82, 2.24) is 15.0 Å². The van der Waals surface area contributed by atoms with E-state index < -0.39 is 5.97 Å². The quantitative estimate of drug-likeness (QED) is 0.860. The van der Waals surface area contributed by atoms with Crippen molar-refractivity contribution in [2.45, 2.75) is 37.6 Å². The zero-order chi connectivity index (χ0) is 15.5. The van der Waals surface area contributed by atoms with Crippen LogP contribution < -0.4 is 0 Å². The van der Waals surface area contributed by atoms with E-state index in [0.29, 0.717) is 12.2 Å². The number of aromatic carboxylic acids is 1. The van der Waals surface area contributed by atoms with E-state index in [1.54, 1.807) is 16.4 Å². The molecule has 0 amide bonds. The lowest BCUT2D eigenvalue weighted by Crippen LogP contribution is -2.22. The summed E-state index contributed by atoms with van der Waals surface area (Å²) in [6, 6.07) is 10.1. The lowest BCUT2D eigenvalue weighted by atomic mass is 9.90. The predicted octanol–water partition coefficient (Wildman–Crippen LogP) is 3.07. The molecule has 2 rings (SSSR count). The zero-order valence-electron chi connectivity index (χ0n) is 12.4. The molecule has 0 unspecified atom stereocenters. The Morgan fingerprint density at radius 3 is 2.52 bits per heavy atom. The van der Waals surface area contributed by atoms with Crippen LogP contribution >= 0.6 is 11.8 Å². The number of carbonyl (C=O) groups is 1. The number of carboxylic acids is 1. The first-order chi connectivity index (χ1) is 9.89. The molecule has 0 radical (unpaired) electrons. The molecule has 0 fully saturated rings. The number of hydrogen-bond acceptors (Lipinski definition) is 4. The molecule has 0 spiro atoms. The molecule has 1 aromatic carbocycles. The fraction of sp³-hybridized carbons (Fsp3) is 0.400. The van der Waals surface area contributed by atoms with Gasteiger partial charge < -0.3 is 5.11 Å². The van der Waals surface area contributed by atoms with E-state index >= 15 is 0 Å². The van der Waals surface area contributed by atoms with Gasteiger partial charge in [0.25, 0.3) is 0 Å². The Morgan fingerprint density at radius 1 is 1.29 bits per heavy atom. The number of carboxylic acid groups (broad SMARTS) is 1. The number of thioether (sulfide) groups is 1. The van der Waals surface area contributed by atoms with Crippen LogP contribution in [0.15, 0.2) is 35.2 Å². The van der Waals surface area contributed by atoms with Gasteiger partial charge in [0, 0.05) is 16.1 Å². The van der Waals surface area contributed by atoms with E-state index in [2.05, 4.69) is 22.4 Å². The van der Waals surface area contributed by atoms with Gasteiger partial charge in [-0.15, -0.1) is 16.9 Å². The van der Waals surface area contributed by atoms with Gasteiger partial charge in [-0.05, 0) is 12.1 Å². The summed E-state index contributed by atoms with van der Waals surface area (Å²) in [6.07, 6.45) is 0. The van der Waals surface area contributed by atoms with Crippen LogP contribution in [0, 0.1) is 0 Å². The molecule has 0 saturated heterocycles. The smallest absolute Gasteiger partial charge is 0.358 e. The molecule has 0 saturated carbocycles. The maximum atomic E-state index is 11.3. The van der Waals surface area contributed by atoms with E-state index in [-0.39, 0.29) is 11.1 Å². The summed E-state index contributed by atoms with van der Waals surface area (Å²) < 4.78 is 1.71. The molecule has 21 heavy (non-hydrogen) atoms. The van der Waals surface area contributed by atoms with Gasteiger partial charge in [-0.1, -0.05) is 44.2 Å². The Bertz CT molecular complexity index is 618. The van der Waals surface area contributed by atoms with E-state index in [1.165, 1.54) is 4.90 Å². The molecule has 6 heteroatoms. The summed E-state index contributed by atoms with van der Waals surface area (Å²) in [4.78, 5) is 12.4. The van der Waals surface area contributed by atoms with Crippen molar-refractivity contribution in [2.24, 2.45) is 0 Å². The zero-order valence-corrected chi connectivity index (χ0v) is 13.2. The van der Waals surface area contributed by atoms with E-state index in [1.807, 2.05) is 39.0 Å². The van der Waals surface area contributed by atoms with Crippen LogP contribution in [-0.2, 0) is 12.0 Å². The second-order valence-corrected chi connectivity index (χ2v) is 6.89. The summed E-state index contributed by atoms with van der Waals surface area (Å²) >= 11 is 1.72. The number of rotatable bonds is 5. The minimum absolute atomic E-state index is 0.0483. The van der Waals surface area contributed by atoms with E-state index in [0.717, 1.165) is 5.75 Å². The van der Waals surface area contributed by atoms with E-state index in [9.17, 15) is 9.90 Å². The summed E-state index contributed by atoms with van der Waals surface area (Å²) in [7, 11) is 0. The van der Waals surface area contributed by atoms with Crippen LogP contribution in [0.25, 0.3) is 0 Å². The van der Waals surface area contributed by atoms with Gasteiger partial charge >= 0.3 is 5.97 Å². The van der Waals surface area contributed by atoms with Crippen molar-refractivity contribution in [1.29, 1.82) is 0 Å². The Labute approximate surface area is 128 Å². The third kappa shape index (κ3) is 3.85.